The lowest BCUT2D eigenvalue weighted by Crippen LogP contribution is -2.02. The summed E-state index contributed by atoms with van der Waals surface area (Å²) < 4.78 is 6.25. The van der Waals surface area contributed by atoms with Gasteiger partial charge in [0.1, 0.15) is 11.4 Å². The molecule has 0 amide bonds. The Balaban J connectivity index is 1.86. The smallest absolute Gasteiger partial charge is 0.296 e. The number of hydrogen-bond donors (Lipinski definition) is 1. The van der Waals surface area contributed by atoms with Crippen LogP contribution in [0.2, 0.25) is 0 Å². The molecule has 0 saturated heterocycles. The van der Waals surface area contributed by atoms with Crippen LogP contribution in [0.4, 0.5) is 11.4 Å². The number of hydrogen-bond acceptors (Lipinski definition) is 5. The van der Waals surface area contributed by atoms with Crippen LogP contribution < -0.4 is 10.1 Å². The number of rotatable bonds is 5. The summed E-state index contributed by atoms with van der Waals surface area (Å²) in [5.41, 5.74) is 1.63. The number of nitro benzene ring substituents is 1. The molecule has 0 aliphatic rings. The van der Waals surface area contributed by atoms with Gasteiger partial charge in [-0.3, -0.25) is 10.1 Å². The van der Waals surface area contributed by atoms with Gasteiger partial charge in [0.2, 0.25) is 0 Å². The van der Waals surface area contributed by atoms with Crippen molar-refractivity contribution in [2.24, 2.45) is 0 Å². The molecule has 3 rings (SSSR count). The van der Waals surface area contributed by atoms with Gasteiger partial charge in [-0.2, -0.15) is 0 Å². The molecular weight excluding hydrogens is 300 g/mol. The van der Waals surface area contributed by atoms with E-state index in [0.29, 0.717) is 18.0 Å². The van der Waals surface area contributed by atoms with Gasteiger partial charge < -0.3 is 10.1 Å². The highest BCUT2D eigenvalue weighted by Crippen LogP contribution is 2.31. The maximum absolute atomic E-state index is 11.2. The zero-order valence-corrected chi connectivity index (χ0v) is 12.7. The predicted octanol–water partition coefficient (Wildman–Crippen LogP) is 4.43. The number of anilines is 1. The Morgan fingerprint density at radius 2 is 2.09 bits per heavy atom. The number of fused-ring (bicyclic) bond motifs is 1. The molecule has 112 valence electrons. The fourth-order valence-electron chi connectivity index (χ4n) is 2.30. The minimum Gasteiger partial charge on any atom is -0.496 e. The standard InChI is InChI=1S/C16H14N2O3S/c1-21-12-6-7-14(15(8-12)18(19)20)17-9-11-10-22-16-5-3-2-4-13(11)16/h2-8,10,17H,9H2,1H3. The van der Waals surface area contributed by atoms with E-state index in [-0.39, 0.29) is 5.69 Å². The monoisotopic (exact) mass is 314 g/mol. The Morgan fingerprint density at radius 3 is 2.86 bits per heavy atom. The van der Waals surface area contributed by atoms with Gasteiger partial charge in [0.25, 0.3) is 5.69 Å². The Hall–Kier alpha value is -2.60. The Kier molecular flexibility index (Phi) is 3.93. The quantitative estimate of drug-likeness (QED) is 0.559. The molecule has 1 N–H and O–H groups in total. The molecule has 6 heteroatoms. The first kappa shape index (κ1) is 14.3. The van der Waals surface area contributed by atoms with Crippen molar-refractivity contribution >= 4 is 32.8 Å². The van der Waals surface area contributed by atoms with Crippen LogP contribution in [-0.4, -0.2) is 12.0 Å². The fourth-order valence-corrected chi connectivity index (χ4v) is 3.26. The van der Waals surface area contributed by atoms with E-state index >= 15 is 0 Å². The predicted molar refractivity (Wildman–Crippen MR) is 88.8 cm³/mol. The average molecular weight is 314 g/mol. The Labute approximate surface area is 131 Å². The minimum atomic E-state index is -0.406. The molecule has 0 aliphatic carbocycles. The molecule has 2 aromatic carbocycles. The third-order valence-electron chi connectivity index (χ3n) is 3.43. The second-order valence-electron chi connectivity index (χ2n) is 4.75. The molecule has 3 aromatic rings. The third kappa shape index (κ3) is 2.73. The zero-order valence-electron chi connectivity index (χ0n) is 11.9. The molecule has 0 radical (unpaired) electrons. The normalized spacial score (nSPS) is 10.6. The molecule has 1 heterocycles. The first-order chi connectivity index (χ1) is 10.7. The summed E-state index contributed by atoms with van der Waals surface area (Å²) in [6.45, 7) is 0.539. The SMILES string of the molecule is COc1ccc(NCc2csc3ccccc23)c([N+](=O)[O-])c1. The number of methoxy groups -OCH3 is 1. The van der Waals surface area contributed by atoms with Crippen molar-refractivity contribution in [1.82, 2.24) is 0 Å². The van der Waals surface area contributed by atoms with E-state index in [2.05, 4.69) is 22.8 Å². The summed E-state index contributed by atoms with van der Waals surface area (Å²) in [5, 5.41) is 17.6. The van der Waals surface area contributed by atoms with Crippen molar-refractivity contribution in [2.75, 3.05) is 12.4 Å². The van der Waals surface area contributed by atoms with Crippen LogP contribution in [0, 0.1) is 10.1 Å². The summed E-state index contributed by atoms with van der Waals surface area (Å²) in [6, 6.07) is 12.9. The van der Waals surface area contributed by atoms with Crippen LogP contribution in [-0.2, 0) is 6.54 Å². The van der Waals surface area contributed by atoms with Gasteiger partial charge in [0, 0.05) is 11.2 Å². The molecule has 0 fully saturated rings. The topological polar surface area (TPSA) is 64.4 Å². The van der Waals surface area contributed by atoms with Crippen LogP contribution in [0.5, 0.6) is 5.75 Å². The van der Waals surface area contributed by atoms with Gasteiger partial charge in [-0.25, -0.2) is 0 Å². The van der Waals surface area contributed by atoms with Crippen LogP contribution in [0.15, 0.2) is 47.8 Å². The fraction of sp³-hybridized carbons (Fsp3) is 0.125. The van der Waals surface area contributed by atoms with Crippen LogP contribution in [0.1, 0.15) is 5.56 Å². The van der Waals surface area contributed by atoms with E-state index in [9.17, 15) is 10.1 Å². The number of nitrogens with one attached hydrogen (secondary N) is 1. The van der Waals surface area contributed by atoms with Crippen molar-refractivity contribution in [3.05, 3.63) is 63.5 Å². The number of benzene rings is 2. The molecule has 0 spiro atoms. The summed E-state index contributed by atoms with van der Waals surface area (Å²) >= 11 is 1.67. The van der Waals surface area contributed by atoms with Gasteiger partial charge in [-0.05, 0) is 34.5 Å². The number of nitro groups is 1. The molecule has 5 nitrogen and oxygen atoms in total. The third-order valence-corrected chi connectivity index (χ3v) is 4.44. The van der Waals surface area contributed by atoms with Gasteiger partial charge in [-0.1, -0.05) is 18.2 Å². The Bertz CT molecular complexity index is 829. The van der Waals surface area contributed by atoms with Crippen LogP contribution in [0.3, 0.4) is 0 Å². The zero-order chi connectivity index (χ0) is 15.5. The van der Waals surface area contributed by atoms with E-state index in [4.69, 9.17) is 4.74 Å². The van der Waals surface area contributed by atoms with Crippen LogP contribution in [0.25, 0.3) is 10.1 Å². The largest absolute Gasteiger partial charge is 0.496 e. The highest BCUT2D eigenvalue weighted by atomic mass is 32.1. The van der Waals surface area contributed by atoms with E-state index in [1.165, 1.54) is 23.3 Å². The molecule has 0 aliphatic heterocycles. The lowest BCUT2D eigenvalue weighted by atomic mass is 10.1. The molecular formula is C16H14N2O3S. The van der Waals surface area contributed by atoms with E-state index in [1.54, 1.807) is 23.5 Å². The summed E-state index contributed by atoms with van der Waals surface area (Å²) in [5.74, 6) is 0.471. The minimum absolute atomic E-state index is 0.0129. The van der Waals surface area contributed by atoms with Crippen molar-refractivity contribution in [1.29, 1.82) is 0 Å². The highest BCUT2D eigenvalue weighted by molar-refractivity contribution is 7.17. The van der Waals surface area contributed by atoms with Crippen molar-refractivity contribution in [3.8, 4) is 5.75 Å². The summed E-state index contributed by atoms with van der Waals surface area (Å²) in [7, 11) is 1.49. The first-order valence-electron chi connectivity index (χ1n) is 6.70. The van der Waals surface area contributed by atoms with E-state index in [1.807, 2.05) is 12.1 Å². The number of thiophene rings is 1. The lowest BCUT2D eigenvalue weighted by molar-refractivity contribution is -0.384. The molecule has 22 heavy (non-hydrogen) atoms. The van der Waals surface area contributed by atoms with Crippen molar-refractivity contribution in [2.45, 2.75) is 6.54 Å². The van der Waals surface area contributed by atoms with Gasteiger partial charge in [0.15, 0.2) is 0 Å². The first-order valence-corrected chi connectivity index (χ1v) is 7.58. The van der Waals surface area contributed by atoms with Crippen molar-refractivity contribution < 1.29 is 9.66 Å². The molecule has 1 aromatic heterocycles. The van der Waals surface area contributed by atoms with E-state index in [0.717, 1.165) is 5.56 Å². The number of nitrogens with zero attached hydrogens (tertiary/aromatic N) is 1. The Morgan fingerprint density at radius 1 is 1.27 bits per heavy atom. The molecule has 0 saturated carbocycles. The van der Waals surface area contributed by atoms with Gasteiger partial charge in [-0.15, -0.1) is 11.3 Å². The molecule has 0 atom stereocenters. The molecule has 0 unspecified atom stereocenters. The summed E-state index contributed by atoms with van der Waals surface area (Å²) in [4.78, 5) is 10.8. The highest BCUT2D eigenvalue weighted by Gasteiger charge is 2.15. The average Bonchev–Trinajstić information content (AvgIpc) is 2.96. The van der Waals surface area contributed by atoms with E-state index < -0.39 is 4.92 Å². The molecule has 0 bridgehead atoms. The van der Waals surface area contributed by atoms with Crippen LogP contribution >= 0.6 is 11.3 Å². The second-order valence-corrected chi connectivity index (χ2v) is 5.66. The second kappa shape index (κ2) is 6.03. The van der Waals surface area contributed by atoms with Crippen molar-refractivity contribution in [3.63, 3.8) is 0 Å². The maximum atomic E-state index is 11.2. The van der Waals surface area contributed by atoms with Gasteiger partial charge >= 0.3 is 0 Å². The summed E-state index contributed by atoms with van der Waals surface area (Å²) in [6.07, 6.45) is 0. The number of ether oxygens (including phenoxy) is 1. The maximum Gasteiger partial charge on any atom is 0.296 e. The lowest BCUT2D eigenvalue weighted by Gasteiger charge is -2.08. The van der Waals surface area contributed by atoms with Gasteiger partial charge in [0.05, 0.1) is 18.1 Å².